The zero-order valence-corrected chi connectivity index (χ0v) is 10.0. The van der Waals surface area contributed by atoms with Crippen molar-refractivity contribution < 1.29 is 35.9 Å². The van der Waals surface area contributed by atoms with Crippen molar-refractivity contribution in [1.82, 2.24) is 0 Å². The number of anilines is 1. The van der Waals surface area contributed by atoms with E-state index in [1.807, 2.05) is 0 Å². The van der Waals surface area contributed by atoms with Gasteiger partial charge in [0.25, 0.3) is 0 Å². The average Bonchev–Trinajstić information content (AvgIpc) is 2.66. The largest absolute Gasteiger partial charge is 0.434 e. The van der Waals surface area contributed by atoms with Crippen LogP contribution in [0.3, 0.4) is 0 Å². The van der Waals surface area contributed by atoms with E-state index >= 15 is 0 Å². The van der Waals surface area contributed by atoms with Crippen molar-refractivity contribution in [3.05, 3.63) is 41.5 Å². The summed E-state index contributed by atoms with van der Waals surface area (Å²) in [7, 11) is 0. The maximum absolute atomic E-state index is 12.8. The minimum atomic E-state index is -5.45. The van der Waals surface area contributed by atoms with Gasteiger partial charge in [0.05, 0.1) is 0 Å². The molecule has 1 N–H and O–H groups in total. The molecule has 0 aromatic heterocycles. The van der Waals surface area contributed by atoms with E-state index in [1.54, 1.807) is 6.07 Å². The third-order valence-electron chi connectivity index (χ3n) is 2.62. The number of alkyl halides is 6. The fourth-order valence-electron chi connectivity index (χ4n) is 1.81. The van der Waals surface area contributed by atoms with Gasteiger partial charge in [-0.15, -0.1) is 0 Å². The Labute approximate surface area is 114 Å². The van der Waals surface area contributed by atoms with Gasteiger partial charge < -0.3 is 10.1 Å². The Hall–Kier alpha value is -2.19. The Morgan fingerprint density at radius 1 is 0.952 bits per heavy atom. The Morgan fingerprint density at radius 2 is 1.52 bits per heavy atom. The van der Waals surface area contributed by atoms with E-state index in [2.05, 4.69) is 10.1 Å². The van der Waals surface area contributed by atoms with Crippen LogP contribution in [-0.2, 0) is 9.53 Å². The second-order valence-electron chi connectivity index (χ2n) is 4.08. The van der Waals surface area contributed by atoms with Crippen LogP contribution in [0, 0.1) is 0 Å². The predicted octanol–water partition coefficient (Wildman–Crippen LogP) is 3.40. The number of halogens is 6. The van der Waals surface area contributed by atoms with Gasteiger partial charge in [0.15, 0.2) is 5.57 Å². The van der Waals surface area contributed by atoms with Crippen LogP contribution in [0.5, 0.6) is 0 Å². The van der Waals surface area contributed by atoms with Crippen molar-refractivity contribution in [3.63, 3.8) is 0 Å². The lowest BCUT2D eigenvalue weighted by Crippen LogP contribution is -2.30. The maximum atomic E-state index is 12.8. The van der Waals surface area contributed by atoms with Gasteiger partial charge in [-0.3, -0.25) is 0 Å². The predicted molar refractivity (Wildman–Crippen MR) is 59.1 cm³/mol. The number of nitrogens with one attached hydrogen (secondary N) is 1. The first-order valence-electron chi connectivity index (χ1n) is 5.52. The third kappa shape index (κ3) is 3.11. The number of carbonyl (C=O) groups excluding carboxylic acids is 1. The van der Waals surface area contributed by atoms with E-state index in [-0.39, 0.29) is 5.69 Å². The first-order chi connectivity index (χ1) is 9.60. The SMILES string of the molecule is O=C1OC(Nc2ccccc2)C(C(F)(F)F)=C1C(F)(F)F. The number of ether oxygens (including phenoxy) is 1. The van der Waals surface area contributed by atoms with Gasteiger partial charge in [0.2, 0.25) is 6.23 Å². The molecule has 0 bridgehead atoms. The first kappa shape index (κ1) is 15.2. The summed E-state index contributed by atoms with van der Waals surface area (Å²) in [6.07, 6.45) is -13.0. The zero-order chi connectivity index (χ0) is 15.8. The number of hydrogen-bond acceptors (Lipinski definition) is 3. The lowest BCUT2D eigenvalue weighted by atomic mass is 10.1. The number of para-hydroxylation sites is 1. The number of esters is 1. The number of hydrogen-bond donors (Lipinski definition) is 1. The standard InChI is InChI=1S/C12H7F6NO2/c13-11(14,15)7-8(12(16,17)18)10(20)21-9(7)19-6-4-2-1-3-5-6/h1-5,9,19H. The molecule has 0 aliphatic carbocycles. The highest BCUT2D eigenvalue weighted by Gasteiger charge is 2.57. The number of cyclic esters (lactones) is 1. The highest BCUT2D eigenvalue weighted by molar-refractivity contribution is 5.94. The summed E-state index contributed by atoms with van der Waals surface area (Å²) in [4.78, 5) is 11.1. The summed E-state index contributed by atoms with van der Waals surface area (Å²) in [5, 5.41) is 2.11. The number of carbonyl (C=O) groups is 1. The van der Waals surface area contributed by atoms with Gasteiger partial charge in [-0.1, -0.05) is 18.2 Å². The smallest absolute Gasteiger partial charge is 0.423 e. The molecule has 1 aromatic rings. The molecule has 1 aliphatic rings. The molecule has 1 unspecified atom stereocenters. The summed E-state index contributed by atoms with van der Waals surface area (Å²) in [6.45, 7) is 0. The van der Waals surface area contributed by atoms with E-state index in [0.29, 0.717) is 0 Å². The van der Waals surface area contributed by atoms with Gasteiger partial charge in [-0.25, -0.2) is 4.79 Å². The Morgan fingerprint density at radius 3 is 2.00 bits per heavy atom. The third-order valence-corrected chi connectivity index (χ3v) is 2.62. The van der Waals surface area contributed by atoms with Crippen molar-refractivity contribution in [2.75, 3.05) is 5.32 Å². The van der Waals surface area contributed by atoms with Crippen molar-refractivity contribution >= 4 is 11.7 Å². The summed E-state index contributed by atoms with van der Waals surface area (Å²) < 4.78 is 80.5. The first-order valence-corrected chi connectivity index (χ1v) is 5.52. The molecule has 114 valence electrons. The van der Waals surface area contributed by atoms with Crippen LogP contribution in [0.15, 0.2) is 41.5 Å². The molecular formula is C12H7F6NO2. The highest BCUT2D eigenvalue weighted by atomic mass is 19.4. The topological polar surface area (TPSA) is 38.3 Å². The lowest BCUT2D eigenvalue weighted by molar-refractivity contribution is -0.148. The summed E-state index contributed by atoms with van der Waals surface area (Å²) in [6, 6.07) is 7.13. The van der Waals surface area contributed by atoms with Gasteiger partial charge in [0.1, 0.15) is 5.57 Å². The van der Waals surface area contributed by atoms with E-state index in [4.69, 9.17) is 0 Å². The zero-order valence-electron chi connectivity index (χ0n) is 10.0. The molecule has 2 rings (SSSR count). The quantitative estimate of drug-likeness (QED) is 0.672. The number of benzene rings is 1. The molecule has 1 atom stereocenters. The van der Waals surface area contributed by atoms with Crippen LogP contribution >= 0.6 is 0 Å². The van der Waals surface area contributed by atoms with Crippen LogP contribution in [-0.4, -0.2) is 24.5 Å². The van der Waals surface area contributed by atoms with E-state index in [1.165, 1.54) is 24.3 Å². The molecule has 0 radical (unpaired) electrons. The van der Waals surface area contributed by atoms with Gasteiger partial charge >= 0.3 is 18.3 Å². The monoisotopic (exact) mass is 311 g/mol. The van der Waals surface area contributed by atoms with Gasteiger partial charge in [0, 0.05) is 5.69 Å². The van der Waals surface area contributed by atoms with Crippen LogP contribution in [0.2, 0.25) is 0 Å². The molecule has 0 spiro atoms. The maximum Gasteiger partial charge on any atom is 0.423 e. The van der Waals surface area contributed by atoms with Crippen molar-refractivity contribution in [1.29, 1.82) is 0 Å². The molecule has 0 amide bonds. The summed E-state index contributed by atoms with van der Waals surface area (Å²) >= 11 is 0. The van der Waals surface area contributed by atoms with Crippen LogP contribution in [0.4, 0.5) is 32.0 Å². The average molecular weight is 311 g/mol. The molecule has 1 heterocycles. The Balaban J connectivity index is 2.44. The highest BCUT2D eigenvalue weighted by Crippen LogP contribution is 2.43. The molecule has 1 aromatic carbocycles. The molecule has 3 nitrogen and oxygen atoms in total. The summed E-state index contributed by atoms with van der Waals surface area (Å²) in [5.74, 6) is -2.05. The lowest BCUT2D eigenvalue weighted by Gasteiger charge is -2.19. The molecule has 21 heavy (non-hydrogen) atoms. The molecule has 0 saturated carbocycles. The second kappa shape index (κ2) is 4.97. The minimum Gasteiger partial charge on any atom is -0.434 e. The normalized spacial score (nSPS) is 19.7. The molecular weight excluding hydrogens is 304 g/mol. The van der Waals surface area contributed by atoms with Crippen molar-refractivity contribution in [3.8, 4) is 0 Å². The molecule has 0 fully saturated rings. The fraction of sp³-hybridized carbons (Fsp3) is 0.250. The fourth-order valence-corrected chi connectivity index (χ4v) is 1.81. The van der Waals surface area contributed by atoms with E-state index in [0.717, 1.165) is 0 Å². The molecule has 0 saturated heterocycles. The minimum absolute atomic E-state index is 0.0838. The van der Waals surface area contributed by atoms with Crippen LogP contribution < -0.4 is 5.32 Å². The number of rotatable bonds is 2. The molecule has 1 aliphatic heterocycles. The van der Waals surface area contributed by atoms with Crippen LogP contribution in [0.25, 0.3) is 0 Å². The Kier molecular flexibility index (Phi) is 3.60. The van der Waals surface area contributed by atoms with Crippen LogP contribution in [0.1, 0.15) is 0 Å². The van der Waals surface area contributed by atoms with Crippen molar-refractivity contribution in [2.45, 2.75) is 18.6 Å². The Bertz CT molecular complexity index is 576. The van der Waals surface area contributed by atoms with Crippen molar-refractivity contribution in [2.24, 2.45) is 0 Å². The second-order valence-corrected chi connectivity index (χ2v) is 4.08. The van der Waals surface area contributed by atoms with E-state index < -0.39 is 35.7 Å². The molecule has 9 heteroatoms. The van der Waals surface area contributed by atoms with Gasteiger partial charge in [-0.05, 0) is 12.1 Å². The summed E-state index contributed by atoms with van der Waals surface area (Å²) in [5.41, 5.74) is -4.33. The van der Waals surface area contributed by atoms with Gasteiger partial charge in [-0.2, -0.15) is 26.3 Å². The van der Waals surface area contributed by atoms with E-state index in [9.17, 15) is 31.1 Å².